The molecule has 1 aromatic rings. The highest BCUT2D eigenvalue weighted by Gasteiger charge is 2.19. The van der Waals surface area contributed by atoms with Crippen molar-refractivity contribution in [3.63, 3.8) is 0 Å². The molecule has 1 heterocycles. The summed E-state index contributed by atoms with van der Waals surface area (Å²) < 4.78 is 4.82. The van der Waals surface area contributed by atoms with E-state index in [2.05, 4.69) is 10.3 Å². The van der Waals surface area contributed by atoms with Gasteiger partial charge in [0, 0.05) is 39.1 Å². The summed E-state index contributed by atoms with van der Waals surface area (Å²) in [5, 5.41) is 2.53. The Bertz CT molecular complexity index is 423. The molecule has 0 fully saturated rings. The Labute approximate surface area is 119 Å². The lowest BCUT2D eigenvalue weighted by Crippen LogP contribution is -2.44. The average molecular weight is 279 g/mol. The highest BCUT2D eigenvalue weighted by atomic mass is 16.5. The van der Waals surface area contributed by atoms with Crippen LogP contribution in [0.15, 0.2) is 24.5 Å². The van der Waals surface area contributed by atoms with Crippen molar-refractivity contribution in [1.29, 1.82) is 0 Å². The fourth-order valence-electron chi connectivity index (χ4n) is 1.70. The Balaban J connectivity index is 2.44. The molecule has 0 unspecified atom stereocenters. The highest BCUT2D eigenvalue weighted by molar-refractivity contribution is 6.34. The SMILES string of the molecule is CCN(CCc1ccncc1)C(=O)C(=O)NCCOC. The van der Waals surface area contributed by atoms with Crippen LogP contribution in [0.1, 0.15) is 12.5 Å². The molecule has 0 spiro atoms. The number of ether oxygens (including phenoxy) is 1. The van der Waals surface area contributed by atoms with Crippen molar-refractivity contribution >= 4 is 11.8 Å². The van der Waals surface area contributed by atoms with E-state index in [0.29, 0.717) is 32.7 Å². The van der Waals surface area contributed by atoms with Gasteiger partial charge in [0.2, 0.25) is 0 Å². The van der Waals surface area contributed by atoms with Crippen LogP contribution in [0.5, 0.6) is 0 Å². The Morgan fingerprint density at radius 3 is 2.65 bits per heavy atom. The number of aromatic nitrogens is 1. The summed E-state index contributed by atoms with van der Waals surface area (Å²) in [5.41, 5.74) is 1.09. The molecule has 6 nitrogen and oxygen atoms in total. The van der Waals surface area contributed by atoms with Gasteiger partial charge >= 0.3 is 11.8 Å². The van der Waals surface area contributed by atoms with Crippen molar-refractivity contribution < 1.29 is 14.3 Å². The largest absolute Gasteiger partial charge is 0.383 e. The molecule has 0 bridgehead atoms. The maximum absolute atomic E-state index is 12.0. The van der Waals surface area contributed by atoms with Crippen molar-refractivity contribution in [3.05, 3.63) is 30.1 Å². The third kappa shape index (κ3) is 5.36. The van der Waals surface area contributed by atoms with Crippen LogP contribution in [0.2, 0.25) is 0 Å². The van der Waals surface area contributed by atoms with Gasteiger partial charge < -0.3 is 15.0 Å². The lowest BCUT2D eigenvalue weighted by molar-refractivity contribution is -0.145. The number of nitrogens with zero attached hydrogens (tertiary/aromatic N) is 2. The van der Waals surface area contributed by atoms with Crippen LogP contribution in [0.3, 0.4) is 0 Å². The normalized spacial score (nSPS) is 10.1. The molecule has 1 rings (SSSR count). The molecule has 6 heteroatoms. The van der Waals surface area contributed by atoms with Gasteiger partial charge in [-0.1, -0.05) is 0 Å². The fraction of sp³-hybridized carbons (Fsp3) is 0.500. The van der Waals surface area contributed by atoms with E-state index in [1.54, 1.807) is 19.5 Å². The average Bonchev–Trinajstić information content (AvgIpc) is 2.48. The van der Waals surface area contributed by atoms with Gasteiger partial charge in [0.15, 0.2) is 0 Å². The number of carbonyl (C=O) groups is 2. The Morgan fingerprint density at radius 1 is 1.35 bits per heavy atom. The van der Waals surface area contributed by atoms with Crippen LogP contribution in [0, 0.1) is 0 Å². The number of likely N-dealkylation sites (N-methyl/N-ethyl adjacent to an activating group) is 1. The van der Waals surface area contributed by atoms with Gasteiger partial charge in [0.05, 0.1) is 6.61 Å². The standard InChI is InChI=1S/C14H21N3O3/c1-3-17(10-6-12-4-7-15-8-5-12)14(19)13(18)16-9-11-20-2/h4-5,7-8H,3,6,9-11H2,1-2H3,(H,16,18). The minimum absolute atomic E-state index is 0.336. The number of amides is 2. The van der Waals surface area contributed by atoms with E-state index in [-0.39, 0.29) is 0 Å². The second-order valence-electron chi connectivity index (χ2n) is 4.24. The van der Waals surface area contributed by atoms with E-state index in [1.165, 1.54) is 4.90 Å². The summed E-state index contributed by atoms with van der Waals surface area (Å²) in [7, 11) is 1.54. The first-order valence-electron chi connectivity index (χ1n) is 6.64. The van der Waals surface area contributed by atoms with E-state index in [4.69, 9.17) is 4.74 Å². The van der Waals surface area contributed by atoms with Crippen molar-refractivity contribution in [2.45, 2.75) is 13.3 Å². The molecule has 0 atom stereocenters. The van der Waals surface area contributed by atoms with Crippen molar-refractivity contribution in [1.82, 2.24) is 15.2 Å². The van der Waals surface area contributed by atoms with Crippen molar-refractivity contribution in [3.8, 4) is 0 Å². The first-order chi connectivity index (χ1) is 9.69. The quantitative estimate of drug-likeness (QED) is 0.573. The molecule has 0 saturated heterocycles. The fourth-order valence-corrected chi connectivity index (χ4v) is 1.70. The predicted octanol–water partition coefficient (Wildman–Crippen LogP) is 0.235. The van der Waals surface area contributed by atoms with Crippen LogP contribution in [-0.4, -0.2) is 55.0 Å². The summed E-state index contributed by atoms with van der Waals surface area (Å²) in [5.74, 6) is -1.09. The predicted molar refractivity (Wildman–Crippen MR) is 75.1 cm³/mol. The van der Waals surface area contributed by atoms with Gasteiger partial charge in [-0.15, -0.1) is 0 Å². The lowest BCUT2D eigenvalue weighted by atomic mass is 10.2. The van der Waals surface area contributed by atoms with Crippen LogP contribution >= 0.6 is 0 Å². The molecular formula is C14H21N3O3. The van der Waals surface area contributed by atoms with Gasteiger partial charge in [-0.2, -0.15) is 0 Å². The molecule has 0 radical (unpaired) electrons. The Hall–Kier alpha value is -1.95. The number of methoxy groups -OCH3 is 1. The molecule has 0 saturated carbocycles. The monoisotopic (exact) mass is 279 g/mol. The van der Waals surface area contributed by atoms with E-state index in [9.17, 15) is 9.59 Å². The van der Waals surface area contributed by atoms with Gasteiger partial charge in [-0.25, -0.2) is 0 Å². The summed E-state index contributed by atoms with van der Waals surface area (Å²) in [6.45, 7) is 3.59. The summed E-state index contributed by atoms with van der Waals surface area (Å²) in [6.07, 6.45) is 4.13. The summed E-state index contributed by atoms with van der Waals surface area (Å²) in [6, 6.07) is 3.80. The minimum Gasteiger partial charge on any atom is -0.383 e. The van der Waals surface area contributed by atoms with E-state index in [0.717, 1.165) is 5.56 Å². The van der Waals surface area contributed by atoms with Crippen LogP contribution < -0.4 is 5.32 Å². The second-order valence-corrected chi connectivity index (χ2v) is 4.24. The zero-order valence-corrected chi connectivity index (χ0v) is 12.0. The van der Waals surface area contributed by atoms with Crippen LogP contribution in [0.25, 0.3) is 0 Å². The van der Waals surface area contributed by atoms with E-state index < -0.39 is 11.8 Å². The van der Waals surface area contributed by atoms with Gasteiger partial charge in [-0.05, 0) is 31.0 Å². The molecule has 20 heavy (non-hydrogen) atoms. The molecule has 110 valence electrons. The third-order valence-electron chi connectivity index (χ3n) is 2.87. The topological polar surface area (TPSA) is 71.5 Å². The zero-order chi connectivity index (χ0) is 14.8. The smallest absolute Gasteiger partial charge is 0.311 e. The zero-order valence-electron chi connectivity index (χ0n) is 12.0. The van der Waals surface area contributed by atoms with Crippen LogP contribution in [0.4, 0.5) is 0 Å². The summed E-state index contributed by atoms with van der Waals surface area (Å²) in [4.78, 5) is 29.1. The maximum atomic E-state index is 12.0. The molecule has 2 amide bonds. The Kier molecular flexibility index (Phi) is 7.27. The highest BCUT2D eigenvalue weighted by Crippen LogP contribution is 2.00. The Morgan fingerprint density at radius 2 is 2.05 bits per heavy atom. The molecule has 0 aliphatic heterocycles. The minimum atomic E-state index is -0.585. The molecule has 0 aromatic carbocycles. The lowest BCUT2D eigenvalue weighted by Gasteiger charge is -2.20. The maximum Gasteiger partial charge on any atom is 0.311 e. The molecule has 0 aliphatic rings. The first kappa shape index (κ1) is 16.1. The number of hydrogen-bond acceptors (Lipinski definition) is 4. The van der Waals surface area contributed by atoms with Crippen molar-refractivity contribution in [2.24, 2.45) is 0 Å². The van der Waals surface area contributed by atoms with Gasteiger partial charge in [-0.3, -0.25) is 14.6 Å². The molecular weight excluding hydrogens is 258 g/mol. The number of nitrogens with one attached hydrogen (secondary N) is 1. The van der Waals surface area contributed by atoms with Gasteiger partial charge in [0.25, 0.3) is 0 Å². The number of pyridine rings is 1. The first-order valence-corrected chi connectivity index (χ1v) is 6.64. The number of hydrogen-bond donors (Lipinski definition) is 1. The van der Waals surface area contributed by atoms with Crippen LogP contribution in [-0.2, 0) is 20.7 Å². The molecule has 0 aliphatic carbocycles. The molecule has 1 aromatic heterocycles. The summed E-state index contributed by atoms with van der Waals surface area (Å²) >= 11 is 0. The van der Waals surface area contributed by atoms with Gasteiger partial charge in [0.1, 0.15) is 0 Å². The second kappa shape index (κ2) is 9.03. The van der Waals surface area contributed by atoms with E-state index >= 15 is 0 Å². The van der Waals surface area contributed by atoms with Crippen molar-refractivity contribution in [2.75, 3.05) is 33.4 Å². The van der Waals surface area contributed by atoms with E-state index in [1.807, 2.05) is 19.1 Å². The number of carbonyl (C=O) groups excluding carboxylic acids is 2. The number of rotatable bonds is 7. The third-order valence-corrected chi connectivity index (χ3v) is 2.87. The molecule has 1 N–H and O–H groups in total.